The number of aryl methyl sites for hydroxylation is 3. The summed E-state index contributed by atoms with van der Waals surface area (Å²) < 4.78 is 21.6. The molecule has 1 fully saturated rings. The van der Waals surface area contributed by atoms with E-state index in [2.05, 4.69) is 37.8 Å². The van der Waals surface area contributed by atoms with Crippen molar-refractivity contribution >= 4 is 58.6 Å². The van der Waals surface area contributed by atoms with E-state index in [4.69, 9.17) is 14.2 Å². The van der Waals surface area contributed by atoms with Crippen molar-refractivity contribution in [1.29, 1.82) is 0 Å². The van der Waals surface area contributed by atoms with Gasteiger partial charge < -0.3 is 54.1 Å². The summed E-state index contributed by atoms with van der Waals surface area (Å²) in [5.74, 6) is -0.747. The Bertz CT molecular complexity index is 2300. The molecular formula is C41H50N10O8. The van der Waals surface area contributed by atoms with Crippen molar-refractivity contribution < 1.29 is 38.2 Å². The van der Waals surface area contributed by atoms with Crippen LogP contribution in [0.4, 0.5) is 22.9 Å². The Kier molecular flexibility index (Phi) is 13.0. The molecule has 0 saturated carbocycles. The summed E-state index contributed by atoms with van der Waals surface area (Å²) in [6.45, 7) is 9.58. The molecule has 18 heteroatoms. The molecule has 6 rings (SSSR count). The number of carbonyl (C=O) groups excluding carboxylic acids is 5. The molecular weight excluding hydrogens is 761 g/mol. The number of aliphatic imine (C=N–C) groups is 1. The predicted octanol–water partition coefficient (Wildman–Crippen LogP) is 4.44. The van der Waals surface area contributed by atoms with Crippen molar-refractivity contribution in [3.05, 3.63) is 77.8 Å². The number of hydrogen-bond donors (Lipinski definition) is 4. The number of fused-ring (bicyclic) bond motifs is 2. The number of methoxy groups -OCH3 is 1. The van der Waals surface area contributed by atoms with Crippen LogP contribution >= 0.6 is 0 Å². The number of rotatable bonds is 17. The highest BCUT2D eigenvalue weighted by Gasteiger charge is 2.34. The molecule has 0 bridgehead atoms. The molecule has 2 aliphatic heterocycles. The van der Waals surface area contributed by atoms with E-state index in [0.717, 1.165) is 5.57 Å². The van der Waals surface area contributed by atoms with E-state index in [9.17, 15) is 24.0 Å². The maximum absolute atomic E-state index is 13.2. The van der Waals surface area contributed by atoms with Gasteiger partial charge in [-0.3, -0.25) is 29.0 Å². The first-order valence-corrected chi connectivity index (χ1v) is 19.3. The number of nitrogens with zero attached hydrogens (tertiary/aromatic N) is 6. The Morgan fingerprint density at radius 3 is 2.25 bits per heavy atom. The highest BCUT2D eigenvalue weighted by Crippen LogP contribution is 2.38. The smallest absolute Gasteiger partial charge is 0.291 e. The minimum Gasteiger partial charge on any atom is -0.493 e. The number of nitrogens with one attached hydrogen (secondary N) is 4. The van der Waals surface area contributed by atoms with Crippen molar-refractivity contribution in [1.82, 2.24) is 28.9 Å². The summed E-state index contributed by atoms with van der Waals surface area (Å²) in [6.07, 6.45) is 8.43. The van der Waals surface area contributed by atoms with Crippen LogP contribution < -0.4 is 30.7 Å². The molecule has 312 valence electrons. The van der Waals surface area contributed by atoms with Crippen molar-refractivity contribution in [3.63, 3.8) is 0 Å². The molecule has 0 spiro atoms. The fourth-order valence-corrected chi connectivity index (χ4v) is 6.75. The number of carbonyl (C=O) groups is 5. The molecule has 2 aliphatic rings. The Balaban J connectivity index is 0.974. The molecule has 0 radical (unpaired) electrons. The Labute approximate surface area is 341 Å². The van der Waals surface area contributed by atoms with E-state index in [1.807, 2.05) is 13.8 Å². The van der Waals surface area contributed by atoms with Gasteiger partial charge in [-0.2, -0.15) is 0 Å². The highest BCUT2D eigenvalue weighted by atomic mass is 16.5. The maximum atomic E-state index is 13.2. The predicted molar refractivity (Wildman–Crippen MR) is 221 cm³/mol. The molecule has 0 unspecified atom stereocenters. The van der Waals surface area contributed by atoms with Gasteiger partial charge >= 0.3 is 0 Å². The summed E-state index contributed by atoms with van der Waals surface area (Å²) in [7, 11) is 6.49. The van der Waals surface area contributed by atoms with Crippen LogP contribution in [0.5, 0.6) is 11.5 Å². The number of anilines is 3. The average Bonchev–Trinajstić information content (AvgIpc) is 3.94. The molecule has 0 aliphatic carbocycles. The lowest BCUT2D eigenvalue weighted by Gasteiger charge is -2.20. The third-order valence-electron chi connectivity index (χ3n) is 9.65. The summed E-state index contributed by atoms with van der Waals surface area (Å²) in [6, 6.07) is 6.27. The van der Waals surface area contributed by atoms with Crippen molar-refractivity contribution in [2.75, 3.05) is 49.4 Å². The lowest BCUT2D eigenvalue weighted by atomic mass is 10.1. The summed E-state index contributed by atoms with van der Waals surface area (Å²) in [5.41, 5.74) is 3.30. The zero-order valence-corrected chi connectivity index (χ0v) is 34.1. The monoisotopic (exact) mass is 810 g/mol. The molecule has 1 atom stereocenters. The second kappa shape index (κ2) is 18.3. The lowest BCUT2D eigenvalue weighted by molar-refractivity contribution is -0.116. The van der Waals surface area contributed by atoms with Gasteiger partial charge in [-0.25, -0.2) is 4.98 Å². The normalized spacial score (nSPS) is 14.5. The van der Waals surface area contributed by atoms with Gasteiger partial charge in [-0.05, 0) is 51.3 Å². The Morgan fingerprint density at radius 1 is 0.864 bits per heavy atom. The summed E-state index contributed by atoms with van der Waals surface area (Å²) in [5, 5.41) is 11.1. The summed E-state index contributed by atoms with van der Waals surface area (Å²) >= 11 is 0. The van der Waals surface area contributed by atoms with Crippen LogP contribution in [0.25, 0.3) is 0 Å². The van der Waals surface area contributed by atoms with Gasteiger partial charge in [0.2, 0.25) is 11.7 Å². The molecule has 1 aromatic carbocycles. The van der Waals surface area contributed by atoms with Crippen LogP contribution in [-0.4, -0.2) is 105 Å². The number of aromatic nitrogens is 4. The molecule has 1 saturated heterocycles. The number of amides is 5. The van der Waals surface area contributed by atoms with E-state index < -0.39 is 11.8 Å². The van der Waals surface area contributed by atoms with Crippen LogP contribution in [0, 0.1) is 0 Å². The largest absolute Gasteiger partial charge is 0.493 e. The maximum Gasteiger partial charge on any atom is 0.291 e. The minimum atomic E-state index is -0.556. The topological polar surface area (TPSA) is 204 Å². The number of ether oxygens (including phenoxy) is 3. The first kappa shape index (κ1) is 41.9. The molecule has 5 amide bonds. The standard InChI is InChI=1S/C41H50N10O8/c1-24(2)58-13-9-11-42-38(53)31-15-26(21-48(31)4)44-39(54)32-16-27(22-49(32)5)45-40(55)37-47-35(23-50(37)6)46-36(52)10-8-12-59-34-18-30-29(17-33(34)57-7)41(56)51-20-25(3)14-28(51)19-43-30/h15-19,21-24,28H,3,8-14,20H2,1-2,4-7H3,(H,42,53)(H,44,54)(H,45,55)(H,46,52)/t28-/m1/s1. The van der Waals surface area contributed by atoms with E-state index in [1.54, 1.807) is 72.0 Å². The summed E-state index contributed by atoms with van der Waals surface area (Å²) in [4.78, 5) is 75.8. The van der Waals surface area contributed by atoms with Gasteiger partial charge in [-0.1, -0.05) is 12.2 Å². The van der Waals surface area contributed by atoms with Gasteiger partial charge in [0.05, 0.1) is 48.5 Å². The van der Waals surface area contributed by atoms with Crippen molar-refractivity contribution in [2.24, 2.45) is 26.1 Å². The second-order valence-corrected chi connectivity index (χ2v) is 14.7. The first-order valence-electron chi connectivity index (χ1n) is 19.3. The van der Waals surface area contributed by atoms with Crippen LogP contribution in [-0.2, 0) is 30.7 Å². The number of hydrogen-bond acceptors (Lipinski definition) is 10. The van der Waals surface area contributed by atoms with Crippen molar-refractivity contribution in [3.8, 4) is 11.5 Å². The zero-order chi connectivity index (χ0) is 42.4. The average molecular weight is 811 g/mol. The first-order chi connectivity index (χ1) is 28.2. The van der Waals surface area contributed by atoms with E-state index in [0.29, 0.717) is 78.8 Å². The lowest BCUT2D eigenvalue weighted by Crippen LogP contribution is -2.35. The zero-order valence-electron chi connectivity index (χ0n) is 34.1. The highest BCUT2D eigenvalue weighted by molar-refractivity contribution is 6.07. The number of benzene rings is 1. The number of imidazole rings is 1. The second-order valence-electron chi connectivity index (χ2n) is 14.7. The third kappa shape index (κ3) is 10.1. The van der Waals surface area contributed by atoms with Crippen LogP contribution in [0.3, 0.4) is 0 Å². The van der Waals surface area contributed by atoms with Gasteiger partial charge in [0.25, 0.3) is 23.6 Å². The molecule has 59 heavy (non-hydrogen) atoms. The quantitative estimate of drug-likeness (QED) is 0.0878. The van der Waals surface area contributed by atoms with Crippen LogP contribution in [0.15, 0.2) is 60.0 Å². The molecule has 4 N–H and O–H groups in total. The van der Waals surface area contributed by atoms with Gasteiger partial charge in [0.1, 0.15) is 11.4 Å². The Hall–Kier alpha value is -6.69. The van der Waals surface area contributed by atoms with E-state index in [1.165, 1.54) is 23.9 Å². The van der Waals surface area contributed by atoms with Crippen LogP contribution in [0.2, 0.25) is 0 Å². The minimum absolute atomic E-state index is 0.0304. The fraction of sp³-hybridized carbons (Fsp3) is 0.390. The SMILES string of the molecule is C=C1C[C@@H]2C=Nc3cc(OCCCC(=O)Nc4cn(C)c(C(=O)Nc5cc(C(=O)Nc6cc(C(=O)NCCCOC(C)C)n(C)c6)n(C)c5)n4)c(OC)cc3C(=O)N2C1. The van der Waals surface area contributed by atoms with Gasteiger partial charge in [0, 0.05) is 78.1 Å². The van der Waals surface area contributed by atoms with E-state index in [-0.39, 0.29) is 60.2 Å². The molecule has 5 heterocycles. The molecule has 4 aromatic rings. The van der Waals surface area contributed by atoms with Crippen molar-refractivity contribution in [2.45, 2.75) is 51.7 Å². The third-order valence-corrected chi connectivity index (χ3v) is 9.65. The molecule has 18 nitrogen and oxygen atoms in total. The van der Waals surface area contributed by atoms with Gasteiger partial charge in [-0.15, -0.1) is 0 Å². The van der Waals surface area contributed by atoms with Crippen LogP contribution in [0.1, 0.15) is 81.5 Å². The fourth-order valence-electron chi connectivity index (χ4n) is 6.75. The van der Waals surface area contributed by atoms with Gasteiger partial charge in [0.15, 0.2) is 17.3 Å². The molecule has 3 aromatic heterocycles. The Morgan fingerprint density at radius 2 is 1.56 bits per heavy atom. The van der Waals surface area contributed by atoms with E-state index >= 15 is 0 Å².